The smallest absolute Gasteiger partial charge is 0.191 e. The SMILES string of the molecule is CCNC(=NCC(C)Cc1cccs1)NCC(C)N1CCN(CC)CC1. The average Bonchev–Trinajstić information content (AvgIpc) is 3.16. The molecular formula is C20H37N5S. The van der Waals surface area contributed by atoms with Crippen LogP contribution in [0.3, 0.4) is 0 Å². The first kappa shape index (κ1) is 21.2. The maximum atomic E-state index is 4.81. The number of nitrogens with one attached hydrogen (secondary N) is 2. The van der Waals surface area contributed by atoms with Gasteiger partial charge in [-0.25, -0.2) is 0 Å². The molecule has 0 amide bonds. The second-order valence-electron chi connectivity index (χ2n) is 7.31. The van der Waals surface area contributed by atoms with E-state index in [-0.39, 0.29) is 0 Å². The minimum absolute atomic E-state index is 0.529. The number of likely N-dealkylation sites (N-methyl/N-ethyl adjacent to an activating group) is 1. The zero-order chi connectivity index (χ0) is 18.8. The Morgan fingerprint density at radius 3 is 2.58 bits per heavy atom. The third kappa shape index (κ3) is 7.25. The van der Waals surface area contributed by atoms with Crippen molar-refractivity contribution in [2.75, 3.05) is 52.4 Å². The lowest BCUT2D eigenvalue weighted by Crippen LogP contribution is -2.53. The molecule has 2 unspecified atom stereocenters. The van der Waals surface area contributed by atoms with Gasteiger partial charge in [-0.1, -0.05) is 19.9 Å². The Morgan fingerprint density at radius 2 is 1.96 bits per heavy atom. The molecule has 1 aromatic rings. The lowest BCUT2D eigenvalue weighted by Gasteiger charge is -2.37. The summed E-state index contributed by atoms with van der Waals surface area (Å²) in [5.74, 6) is 1.51. The van der Waals surface area contributed by atoms with Gasteiger partial charge >= 0.3 is 0 Å². The number of aliphatic imine (C=N–C) groups is 1. The number of thiophene rings is 1. The third-order valence-corrected chi connectivity index (χ3v) is 5.98. The fourth-order valence-electron chi connectivity index (χ4n) is 3.32. The van der Waals surface area contributed by atoms with Gasteiger partial charge in [-0.2, -0.15) is 0 Å². The molecule has 2 heterocycles. The van der Waals surface area contributed by atoms with E-state index in [4.69, 9.17) is 4.99 Å². The fourth-order valence-corrected chi connectivity index (χ4v) is 4.19. The lowest BCUT2D eigenvalue weighted by molar-refractivity contribution is 0.107. The first-order chi connectivity index (χ1) is 12.6. The van der Waals surface area contributed by atoms with Gasteiger partial charge < -0.3 is 15.5 Å². The number of hydrogen-bond acceptors (Lipinski definition) is 4. The Bertz CT molecular complexity index is 508. The molecule has 2 atom stereocenters. The first-order valence-electron chi connectivity index (χ1n) is 10.1. The van der Waals surface area contributed by atoms with Gasteiger partial charge in [0, 0.05) is 56.7 Å². The predicted molar refractivity (Wildman–Crippen MR) is 114 cm³/mol. The molecule has 2 rings (SSSR count). The fraction of sp³-hybridized carbons (Fsp3) is 0.750. The van der Waals surface area contributed by atoms with E-state index >= 15 is 0 Å². The maximum absolute atomic E-state index is 4.81. The summed E-state index contributed by atoms with van der Waals surface area (Å²) in [5.41, 5.74) is 0. The van der Waals surface area contributed by atoms with Crippen molar-refractivity contribution in [2.45, 2.75) is 40.2 Å². The van der Waals surface area contributed by atoms with Gasteiger partial charge in [0.2, 0.25) is 0 Å². The van der Waals surface area contributed by atoms with Crippen LogP contribution in [0.4, 0.5) is 0 Å². The van der Waals surface area contributed by atoms with Crippen LogP contribution in [0.2, 0.25) is 0 Å². The van der Waals surface area contributed by atoms with Crippen molar-refractivity contribution in [1.82, 2.24) is 20.4 Å². The average molecular weight is 380 g/mol. The molecule has 6 heteroatoms. The topological polar surface area (TPSA) is 42.9 Å². The molecule has 148 valence electrons. The van der Waals surface area contributed by atoms with Crippen LogP contribution in [0, 0.1) is 5.92 Å². The molecule has 1 aromatic heterocycles. The highest BCUT2D eigenvalue weighted by atomic mass is 32.1. The molecule has 0 saturated carbocycles. The summed E-state index contributed by atoms with van der Waals surface area (Å²) >= 11 is 1.84. The minimum atomic E-state index is 0.529. The molecule has 0 bridgehead atoms. The van der Waals surface area contributed by atoms with Crippen molar-refractivity contribution in [1.29, 1.82) is 0 Å². The van der Waals surface area contributed by atoms with Crippen LogP contribution in [-0.4, -0.2) is 74.2 Å². The summed E-state index contributed by atoms with van der Waals surface area (Å²) in [6, 6.07) is 4.87. The monoisotopic (exact) mass is 379 g/mol. The van der Waals surface area contributed by atoms with Crippen molar-refractivity contribution in [3.05, 3.63) is 22.4 Å². The number of rotatable bonds is 9. The minimum Gasteiger partial charge on any atom is -0.357 e. The van der Waals surface area contributed by atoms with E-state index in [1.807, 2.05) is 11.3 Å². The molecular weight excluding hydrogens is 342 g/mol. The molecule has 1 saturated heterocycles. The van der Waals surface area contributed by atoms with Gasteiger partial charge in [0.1, 0.15) is 0 Å². The van der Waals surface area contributed by atoms with E-state index in [1.165, 1.54) is 37.6 Å². The van der Waals surface area contributed by atoms with Crippen LogP contribution in [0.15, 0.2) is 22.5 Å². The maximum Gasteiger partial charge on any atom is 0.191 e. The van der Waals surface area contributed by atoms with E-state index in [9.17, 15) is 0 Å². The van der Waals surface area contributed by atoms with Gasteiger partial charge in [-0.05, 0) is 44.2 Å². The molecule has 1 aliphatic rings. The van der Waals surface area contributed by atoms with E-state index in [1.54, 1.807) is 0 Å². The van der Waals surface area contributed by atoms with Gasteiger partial charge in [0.15, 0.2) is 5.96 Å². The molecule has 0 spiro atoms. The van der Waals surface area contributed by atoms with Crippen LogP contribution in [0.1, 0.15) is 32.6 Å². The van der Waals surface area contributed by atoms with Gasteiger partial charge in [0.25, 0.3) is 0 Å². The Kier molecular flexibility index (Phi) is 9.43. The summed E-state index contributed by atoms with van der Waals surface area (Å²) in [6.45, 7) is 17.6. The van der Waals surface area contributed by atoms with Crippen molar-refractivity contribution < 1.29 is 0 Å². The highest BCUT2D eigenvalue weighted by molar-refractivity contribution is 7.09. The van der Waals surface area contributed by atoms with E-state index < -0.39 is 0 Å². The van der Waals surface area contributed by atoms with Crippen LogP contribution in [0.5, 0.6) is 0 Å². The molecule has 5 nitrogen and oxygen atoms in total. The highest BCUT2D eigenvalue weighted by Crippen LogP contribution is 2.14. The quantitative estimate of drug-likeness (QED) is 0.511. The number of nitrogens with zero attached hydrogens (tertiary/aromatic N) is 3. The van der Waals surface area contributed by atoms with E-state index in [2.05, 4.69) is 65.6 Å². The molecule has 0 radical (unpaired) electrons. The molecule has 0 aliphatic carbocycles. The lowest BCUT2D eigenvalue weighted by atomic mass is 10.1. The van der Waals surface area contributed by atoms with Crippen molar-refractivity contribution >= 4 is 17.3 Å². The Balaban J connectivity index is 1.75. The van der Waals surface area contributed by atoms with Crippen LogP contribution in [0.25, 0.3) is 0 Å². The summed E-state index contributed by atoms with van der Waals surface area (Å²) in [7, 11) is 0. The Morgan fingerprint density at radius 1 is 1.19 bits per heavy atom. The highest BCUT2D eigenvalue weighted by Gasteiger charge is 2.20. The Labute approximate surface area is 163 Å². The van der Waals surface area contributed by atoms with Gasteiger partial charge in [-0.3, -0.25) is 9.89 Å². The number of piperazine rings is 1. The predicted octanol–water partition coefficient (Wildman–Crippen LogP) is 2.51. The second-order valence-corrected chi connectivity index (χ2v) is 8.34. The summed E-state index contributed by atoms with van der Waals surface area (Å²) < 4.78 is 0. The normalized spacial score (nSPS) is 19.3. The zero-order valence-corrected chi connectivity index (χ0v) is 17.8. The van der Waals surface area contributed by atoms with Crippen molar-refractivity contribution in [3.63, 3.8) is 0 Å². The molecule has 1 fully saturated rings. The van der Waals surface area contributed by atoms with E-state index in [0.717, 1.165) is 32.0 Å². The van der Waals surface area contributed by atoms with Crippen LogP contribution in [-0.2, 0) is 6.42 Å². The van der Waals surface area contributed by atoms with Crippen molar-refractivity contribution in [2.24, 2.45) is 10.9 Å². The summed E-state index contributed by atoms with van der Waals surface area (Å²) in [4.78, 5) is 11.4. The molecule has 26 heavy (non-hydrogen) atoms. The molecule has 2 N–H and O–H groups in total. The Hall–Kier alpha value is -1.11. The standard InChI is InChI=1S/C20H37N5S/c1-5-21-20(22-15-17(3)14-19-8-7-13-26-19)23-16-18(4)25-11-9-24(6-2)10-12-25/h7-8,13,17-18H,5-6,9-12,14-16H2,1-4H3,(H2,21,22,23). The molecule has 1 aliphatic heterocycles. The third-order valence-electron chi connectivity index (χ3n) is 5.08. The van der Waals surface area contributed by atoms with Crippen LogP contribution < -0.4 is 10.6 Å². The van der Waals surface area contributed by atoms with Gasteiger partial charge in [-0.15, -0.1) is 11.3 Å². The van der Waals surface area contributed by atoms with E-state index in [0.29, 0.717) is 12.0 Å². The zero-order valence-electron chi connectivity index (χ0n) is 17.0. The molecule has 0 aromatic carbocycles. The number of hydrogen-bond donors (Lipinski definition) is 2. The summed E-state index contributed by atoms with van der Waals surface area (Å²) in [5, 5.41) is 9.08. The summed E-state index contributed by atoms with van der Waals surface area (Å²) in [6.07, 6.45) is 1.11. The van der Waals surface area contributed by atoms with Gasteiger partial charge in [0.05, 0.1) is 0 Å². The first-order valence-corrected chi connectivity index (χ1v) is 11.0. The van der Waals surface area contributed by atoms with Crippen molar-refractivity contribution in [3.8, 4) is 0 Å². The second kappa shape index (κ2) is 11.6. The largest absolute Gasteiger partial charge is 0.357 e. The van der Waals surface area contributed by atoms with Crippen LogP contribution >= 0.6 is 11.3 Å². The number of guanidine groups is 1.